The molecule has 0 aliphatic carbocycles. The average molecular weight is 356 g/mol. The third kappa shape index (κ3) is 3.53. The molecule has 0 saturated carbocycles. The minimum atomic E-state index is -0.712. The van der Waals surface area contributed by atoms with Crippen LogP contribution in [0.3, 0.4) is 0 Å². The van der Waals surface area contributed by atoms with Crippen molar-refractivity contribution >= 4 is 29.1 Å². The van der Waals surface area contributed by atoms with E-state index in [1.807, 2.05) is 13.0 Å². The monoisotopic (exact) mass is 356 g/mol. The third-order valence-corrected chi connectivity index (χ3v) is 3.80. The molecule has 26 heavy (non-hydrogen) atoms. The maximum atomic E-state index is 12.5. The molecule has 136 valence electrons. The van der Waals surface area contributed by atoms with Crippen LogP contribution in [0.5, 0.6) is 11.5 Å². The number of nitrogens with two attached hydrogens (primary N) is 1. The molecule has 3 N–H and O–H groups in total. The normalized spacial score (nSPS) is 15.8. The molecule has 8 nitrogen and oxygen atoms in total. The molecule has 1 aliphatic heterocycles. The van der Waals surface area contributed by atoms with Crippen molar-refractivity contribution in [2.75, 3.05) is 29.1 Å². The highest BCUT2D eigenvalue weighted by molar-refractivity contribution is 6.05. The third-order valence-electron chi connectivity index (χ3n) is 3.80. The first-order chi connectivity index (χ1) is 12.5. The maximum absolute atomic E-state index is 12.5. The zero-order valence-electron chi connectivity index (χ0n) is 14.6. The van der Waals surface area contributed by atoms with Crippen LogP contribution >= 0.6 is 0 Å². The highest BCUT2D eigenvalue weighted by Crippen LogP contribution is 2.33. The lowest BCUT2D eigenvalue weighted by molar-refractivity contribution is -0.127. The molecule has 1 atom stereocenters. The largest absolute Gasteiger partial charge is 0.492 e. The number of carbonyl (C=O) groups is 2. The lowest BCUT2D eigenvalue weighted by Crippen LogP contribution is -2.48. The molecule has 1 aliphatic rings. The minimum absolute atomic E-state index is 0.212. The molecule has 1 aromatic carbocycles. The molecule has 0 radical (unpaired) electrons. The molecule has 3 rings (SSSR count). The fraction of sp³-hybridized carbons (Fsp3) is 0.278. The van der Waals surface area contributed by atoms with E-state index in [0.29, 0.717) is 23.8 Å². The minimum Gasteiger partial charge on any atom is -0.492 e. The summed E-state index contributed by atoms with van der Waals surface area (Å²) in [4.78, 5) is 30.4. The second kappa shape index (κ2) is 7.30. The fourth-order valence-electron chi connectivity index (χ4n) is 2.64. The van der Waals surface area contributed by atoms with Crippen molar-refractivity contribution in [3.8, 4) is 11.5 Å². The van der Waals surface area contributed by atoms with E-state index in [0.717, 1.165) is 0 Å². The van der Waals surface area contributed by atoms with Gasteiger partial charge in [0.15, 0.2) is 17.7 Å². The highest BCUT2D eigenvalue weighted by Gasteiger charge is 2.34. The molecule has 0 bridgehead atoms. The second-order valence-corrected chi connectivity index (χ2v) is 5.72. The van der Waals surface area contributed by atoms with Crippen LogP contribution in [0.4, 0.5) is 17.3 Å². The number of benzene rings is 1. The van der Waals surface area contributed by atoms with Crippen molar-refractivity contribution in [1.29, 1.82) is 0 Å². The second-order valence-electron chi connectivity index (χ2n) is 5.72. The van der Waals surface area contributed by atoms with Gasteiger partial charge in [-0.15, -0.1) is 0 Å². The number of pyridine rings is 1. The van der Waals surface area contributed by atoms with Gasteiger partial charge in [0.05, 0.1) is 12.3 Å². The van der Waals surface area contributed by atoms with Gasteiger partial charge in [-0.1, -0.05) is 12.1 Å². The van der Waals surface area contributed by atoms with Gasteiger partial charge >= 0.3 is 0 Å². The molecule has 2 amide bonds. The van der Waals surface area contributed by atoms with Crippen LogP contribution < -0.4 is 25.4 Å². The number of hydrogen-bond donors (Lipinski definition) is 2. The van der Waals surface area contributed by atoms with Crippen LogP contribution in [0.15, 0.2) is 36.4 Å². The van der Waals surface area contributed by atoms with Crippen molar-refractivity contribution in [3.63, 3.8) is 0 Å². The lowest BCUT2D eigenvalue weighted by Gasteiger charge is -2.31. The van der Waals surface area contributed by atoms with Crippen LogP contribution in [0.25, 0.3) is 0 Å². The van der Waals surface area contributed by atoms with E-state index >= 15 is 0 Å². The predicted molar refractivity (Wildman–Crippen MR) is 97.3 cm³/mol. The summed E-state index contributed by atoms with van der Waals surface area (Å²) < 4.78 is 11.0. The van der Waals surface area contributed by atoms with Gasteiger partial charge in [0.2, 0.25) is 5.91 Å². The van der Waals surface area contributed by atoms with Crippen LogP contribution in [-0.4, -0.2) is 36.1 Å². The summed E-state index contributed by atoms with van der Waals surface area (Å²) >= 11 is 0. The van der Waals surface area contributed by atoms with Gasteiger partial charge in [-0.3, -0.25) is 14.5 Å². The number of anilines is 3. The Hall–Kier alpha value is -3.29. The van der Waals surface area contributed by atoms with Crippen LogP contribution in [0, 0.1) is 0 Å². The SMILES string of the molecule is CCOc1ccccc1NC(=O)CN1C(=O)C(C)Oc2ccc(N)nc21. The summed E-state index contributed by atoms with van der Waals surface area (Å²) in [5.74, 6) is 0.711. The Balaban J connectivity index is 1.81. The number of nitrogen functional groups attached to an aromatic ring is 1. The maximum Gasteiger partial charge on any atom is 0.269 e. The number of nitrogens with one attached hydrogen (secondary N) is 1. The van der Waals surface area contributed by atoms with E-state index in [-0.39, 0.29) is 30.0 Å². The van der Waals surface area contributed by atoms with E-state index in [1.165, 1.54) is 4.90 Å². The van der Waals surface area contributed by atoms with Gasteiger partial charge < -0.3 is 20.5 Å². The Labute approximate surface area is 150 Å². The first kappa shape index (κ1) is 17.5. The van der Waals surface area contributed by atoms with Gasteiger partial charge in [0.1, 0.15) is 18.1 Å². The Kier molecular flexibility index (Phi) is 4.92. The van der Waals surface area contributed by atoms with E-state index in [4.69, 9.17) is 15.2 Å². The van der Waals surface area contributed by atoms with Gasteiger partial charge in [0, 0.05) is 0 Å². The first-order valence-corrected chi connectivity index (χ1v) is 8.25. The highest BCUT2D eigenvalue weighted by atomic mass is 16.5. The van der Waals surface area contributed by atoms with Crippen LogP contribution in [0.1, 0.15) is 13.8 Å². The Morgan fingerprint density at radius 2 is 2.12 bits per heavy atom. The van der Waals surface area contributed by atoms with E-state index in [9.17, 15) is 9.59 Å². The molecule has 8 heteroatoms. The molecule has 2 heterocycles. The Morgan fingerprint density at radius 1 is 1.35 bits per heavy atom. The molecular formula is C18H20N4O4. The number of para-hydroxylation sites is 2. The number of rotatable bonds is 5. The van der Waals surface area contributed by atoms with Crippen molar-refractivity contribution in [2.45, 2.75) is 20.0 Å². The first-order valence-electron chi connectivity index (χ1n) is 8.25. The van der Waals surface area contributed by atoms with Crippen LogP contribution in [0.2, 0.25) is 0 Å². The quantitative estimate of drug-likeness (QED) is 0.846. The summed E-state index contributed by atoms with van der Waals surface area (Å²) in [5, 5.41) is 2.77. The number of hydrogen-bond acceptors (Lipinski definition) is 6. The van der Waals surface area contributed by atoms with E-state index in [1.54, 1.807) is 37.3 Å². The van der Waals surface area contributed by atoms with E-state index in [2.05, 4.69) is 10.3 Å². The smallest absolute Gasteiger partial charge is 0.269 e. The Bertz CT molecular complexity index is 840. The molecule has 2 aromatic rings. The van der Waals surface area contributed by atoms with Crippen molar-refractivity contribution in [1.82, 2.24) is 4.98 Å². The number of nitrogens with zero attached hydrogens (tertiary/aromatic N) is 2. The molecular weight excluding hydrogens is 336 g/mol. The van der Waals surface area contributed by atoms with Gasteiger partial charge in [-0.05, 0) is 38.1 Å². The number of fused-ring (bicyclic) bond motifs is 1. The standard InChI is InChI=1S/C18H20N4O4/c1-3-25-13-7-5-4-6-12(13)20-16(23)10-22-17-14(8-9-15(19)21-17)26-11(2)18(22)24/h4-9,11H,3,10H2,1-2H3,(H2,19,21)(H,20,23). The lowest BCUT2D eigenvalue weighted by atomic mass is 10.2. The number of ether oxygens (including phenoxy) is 2. The van der Waals surface area contributed by atoms with Gasteiger partial charge in [-0.2, -0.15) is 0 Å². The zero-order valence-corrected chi connectivity index (χ0v) is 14.6. The molecule has 1 aromatic heterocycles. The van der Waals surface area contributed by atoms with Gasteiger partial charge in [-0.25, -0.2) is 4.98 Å². The predicted octanol–water partition coefficient (Wildman–Crippen LogP) is 1.82. The number of aromatic nitrogens is 1. The molecule has 0 spiro atoms. The number of carbonyl (C=O) groups excluding carboxylic acids is 2. The van der Waals surface area contributed by atoms with Crippen molar-refractivity contribution in [2.24, 2.45) is 0 Å². The fourth-order valence-corrected chi connectivity index (χ4v) is 2.64. The van der Waals surface area contributed by atoms with Crippen molar-refractivity contribution in [3.05, 3.63) is 36.4 Å². The zero-order chi connectivity index (χ0) is 18.7. The Morgan fingerprint density at radius 3 is 2.88 bits per heavy atom. The molecule has 0 fully saturated rings. The number of amides is 2. The summed E-state index contributed by atoms with van der Waals surface area (Å²) in [5.41, 5.74) is 6.25. The van der Waals surface area contributed by atoms with Crippen molar-refractivity contribution < 1.29 is 19.1 Å². The summed E-state index contributed by atoms with van der Waals surface area (Å²) in [7, 11) is 0. The van der Waals surface area contributed by atoms with Crippen LogP contribution in [-0.2, 0) is 9.59 Å². The van der Waals surface area contributed by atoms with Gasteiger partial charge in [0.25, 0.3) is 5.91 Å². The summed E-state index contributed by atoms with van der Waals surface area (Å²) in [6.07, 6.45) is -0.712. The van der Waals surface area contributed by atoms with E-state index < -0.39 is 6.10 Å². The topological polar surface area (TPSA) is 107 Å². The summed E-state index contributed by atoms with van der Waals surface area (Å²) in [6.45, 7) is 3.75. The molecule has 0 saturated heterocycles. The summed E-state index contributed by atoms with van der Waals surface area (Å²) in [6, 6.07) is 10.3. The molecule has 1 unspecified atom stereocenters. The average Bonchev–Trinajstić information content (AvgIpc) is 2.61.